The first-order valence-corrected chi connectivity index (χ1v) is 28.8. The summed E-state index contributed by atoms with van der Waals surface area (Å²) in [4.78, 5) is 39.6. The lowest BCUT2D eigenvalue weighted by Gasteiger charge is -2.67. The molecular formula is C74H13NO5. The minimum Gasteiger partial charge on any atom is -0.497 e. The average molecular weight is 996 g/mol. The van der Waals surface area contributed by atoms with Gasteiger partial charge in [0.1, 0.15) is 16.6 Å². The molecule has 29 aromatic carbocycles. The van der Waals surface area contributed by atoms with E-state index in [4.69, 9.17) is 19.2 Å². The topological polar surface area (TPSA) is 74.2 Å². The van der Waals surface area contributed by atoms with E-state index < -0.39 is 21.7 Å². The largest absolute Gasteiger partial charge is 0.497 e. The third-order valence-corrected chi connectivity index (χ3v) is 27.9. The Kier molecular flexibility index (Phi) is 2.83. The molecule has 2 fully saturated rings. The van der Waals surface area contributed by atoms with Crippen LogP contribution in [0.5, 0.6) is 5.75 Å². The Labute approximate surface area is 435 Å². The summed E-state index contributed by atoms with van der Waals surface area (Å²) in [6, 6.07) is 7.88. The molecule has 344 valence electrons. The minimum atomic E-state index is -1.55. The second-order valence-electron chi connectivity index (χ2n) is 27.9. The van der Waals surface area contributed by atoms with E-state index >= 15 is 9.59 Å². The first kappa shape index (κ1) is 31.5. The molecule has 0 N–H and O–H groups in total. The zero-order valence-corrected chi connectivity index (χ0v) is 41.3. The molecular weight excluding hydrogens is 983 g/mol. The van der Waals surface area contributed by atoms with Crippen LogP contribution in [0.25, 0.3) is 291 Å². The van der Waals surface area contributed by atoms with E-state index in [0.717, 1.165) is 5.75 Å². The lowest BCUT2D eigenvalue weighted by atomic mass is 9.30. The molecule has 0 saturated heterocycles. The predicted molar refractivity (Wildman–Crippen MR) is 323 cm³/mol. The number of nitrogens with zero attached hydrogens (tertiary/aromatic N) is 1. The number of ether oxygens (including phenoxy) is 3. The zero-order chi connectivity index (χ0) is 49.0. The van der Waals surface area contributed by atoms with Crippen LogP contribution in [0.15, 0.2) is 29.3 Å². The van der Waals surface area contributed by atoms with Crippen molar-refractivity contribution in [3.63, 3.8) is 0 Å². The molecule has 0 amide bonds. The Hall–Kier alpha value is -9.91. The molecule has 80 heavy (non-hydrogen) atoms. The highest BCUT2D eigenvalue weighted by Crippen LogP contribution is 3.01. The number of aliphatic imine (C=N–C) groups is 1. The van der Waals surface area contributed by atoms with Gasteiger partial charge in [-0.25, -0.2) is 0 Å². The van der Waals surface area contributed by atoms with Crippen molar-refractivity contribution in [1.29, 1.82) is 0 Å². The third-order valence-electron chi connectivity index (χ3n) is 27.9. The molecule has 2 atom stereocenters. The molecule has 0 heterocycles. The van der Waals surface area contributed by atoms with Gasteiger partial charge in [0.15, 0.2) is 0 Å². The molecule has 29 aromatic rings. The fourth-order valence-electron chi connectivity index (χ4n) is 27.9. The van der Waals surface area contributed by atoms with Gasteiger partial charge in [0.25, 0.3) is 0 Å². The molecule has 6 nitrogen and oxygen atoms in total. The Balaban J connectivity index is 1.07. The maximum absolute atomic E-state index is 16.9. The highest BCUT2D eigenvalue weighted by Gasteiger charge is 3.11. The van der Waals surface area contributed by atoms with Crippen LogP contribution in [0.3, 0.4) is 0 Å². The monoisotopic (exact) mass is 995 g/mol. The van der Waals surface area contributed by atoms with Crippen molar-refractivity contribution in [2.24, 2.45) is 15.8 Å². The molecule has 6 aliphatic carbocycles. The van der Waals surface area contributed by atoms with Gasteiger partial charge in [-0.15, -0.1) is 0 Å². The summed E-state index contributed by atoms with van der Waals surface area (Å²) in [6.07, 6.45) is 0. The van der Waals surface area contributed by atoms with Crippen molar-refractivity contribution >= 4 is 314 Å². The maximum atomic E-state index is 16.9. The number of carbonyl (C=O) groups excluding carboxylic acids is 2. The van der Waals surface area contributed by atoms with Gasteiger partial charge in [0, 0.05) is 0 Å². The number of carbonyl (C=O) groups is 2. The Morgan fingerprint density at radius 1 is 0.275 bits per heavy atom. The first-order valence-electron chi connectivity index (χ1n) is 28.8. The number of rotatable bonds is 4. The normalized spacial score (nSPS) is 25.0. The van der Waals surface area contributed by atoms with E-state index in [1.807, 2.05) is 24.3 Å². The van der Waals surface area contributed by atoms with Gasteiger partial charge in [-0.05, 0) is 337 Å². The predicted octanol–water partition coefficient (Wildman–Crippen LogP) is 17.4. The van der Waals surface area contributed by atoms with E-state index in [2.05, 4.69) is 0 Å². The number of methoxy groups -OCH3 is 3. The summed E-state index contributed by atoms with van der Waals surface area (Å²) < 4.78 is 18.8. The van der Waals surface area contributed by atoms with Crippen molar-refractivity contribution in [3.05, 3.63) is 46.5 Å². The van der Waals surface area contributed by atoms with Crippen LogP contribution in [-0.2, 0) is 29.9 Å². The van der Waals surface area contributed by atoms with Gasteiger partial charge < -0.3 is 14.2 Å². The van der Waals surface area contributed by atoms with Gasteiger partial charge in [-0.2, -0.15) is 0 Å². The number of benzene rings is 19. The van der Waals surface area contributed by atoms with Gasteiger partial charge >= 0.3 is 11.9 Å². The summed E-state index contributed by atoms with van der Waals surface area (Å²) in [7, 11) is 4.82. The number of hydrogen-bond acceptors (Lipinski definition) is 6. The molecule has 6 heteroatoms. The third kappa shape index (κ3) is 1.64. The highest BCUT2D eigenvalue weighted by atomic mass is 16.5. The van der Waals surface area contributed by atoms with E-state index in [1.54, 1.807) is 75.2 Å². The van der Waals surface area contributed by atoms with Crippen LogP contribution >= 0.6 is 0 Å². The number of esters is 2. The van der Waals surface area contributed by atoms with Crippen LogP contribution < -0.4 is 4.74 Å². The van der Waals surface area contributed by atoms with E-state index in [9.17, 15) is 0 Å². The molecule has 2 saturated carbocycles. The van der Waals surface area contributed by atoms with Gasteiger partial charge in [0.2, 0.25) is 0 Å². The van der Waals surface area contributed by atoms with Crippen molar-refractivity contribution in [2.75, 3.05) is 21.3 Å². The molecule has 0 aromatic heterocycles. The second-order valence-corrected chi connectivity index (χ2v) is 27.9. The standard InChI is InChI=1S/C74H13NO5/c1-78-9-6-4-8(5-7-9)75-68-73(69(76)79-2)71-64-56-48-38-28-20-12-10-11-14-18-16(12)24-32-26(18)36-30-22(14)23-15(11)19-17-13(10)21(20)29-35-25(17)33-27(19)37-31(23)41-40(30)50-44(36)54-46(32)52(42(48)34(24)28)60(64)62(54)66-58(50)59-51(41)45(37)55-47(33)53-43(35)49(39(29)38)57(56)65(71)61(53)63(55)67(59)72(66,71)74(68,73)70(77)80-3/h4-7H,1-3H3. The summed E-state index contributed by atoms with van der Waals surface area (Å²) in [5.74, 6) is -0.0295. The molecule has 0 radical (unpaired) electrons. The lowest BCUT2D eigenvalue weighted by molar-refractivity contribution is -0.180. The van der Waals surface area contributed by atoms with Gasteiger partial charge in [-0.1, -0.05) is 0 Å². The van der Waals surface area contributed by atoms with Gasteiger partial charge in [-0.3, -0.25) is 14.6 Å². The van der Waals surface area contributed by atoms with Crippen LogP contribution in [0.2, 0.25) is 0 Å². The summed E-state index contributed by atoms with van der Waals surface area (Å²) in [5, 5.41) is 79.3. The zero-order valence-electron chi connectivity index (χ0n) is 41.3. The Bertz CT molecular complexity index is 7400. The van der Waals surface area contributed by atoms with Crippen molar-refractivity contribution < 1.29 is 23.8 Å². The molecule has 35 rings (SSSR count). The summed E-state index contributed by atoms with van der Waals surface area (Å²) in [5.41, 5.74) is 1.11. The van der Waals surface area contributed by atoms with Crippen LogP contribution in [0, 0.1) is 10.8 Å². The van der Waals surface area contributed by atoms with Crippen LogP contribution in [0.1, 0.15) is 22.3 Å². The molecule has 0 bridgehead atoms. The van der Waals surface area contributed by atoms with Gasteiger partial charge in [0.05, 0.1) is 43.6 Å². The minimum absolute atomic E-state index is 0.377. The molecule has 2 spiro atoms. The Morgan fingerprint density at radius 2 is 0.450 bits per heavy atom. The summed E-state index contributed by atoms with van der Waals surface area (Å²) >= 11 is 0. The molecule has 6 aliphatic rings. The number of fused-ring (bicyclic) bond motifs is 1. The second kappa shape index (κ2) is 7.19. The SMILES string of the molecule is COC(=O)C12C(=Nc3ccc(OC)cc3)C1(C(=O)OC)C13c4c5c6c7c8c9c(c%10c%11c1c1c4c4c%12c5c5c6c6c8c8c%13c9c9c%10c%10c%11c%11c1c1c4c4c%12c%12c5c5c6c8c6c8c%13c9c9c%10c%10c%11c1c1c4c4c%12c5c6c5c8c9c%10c1c45)C723. The van der Waals surface area contributed by atoms with E-state index in [0.29, 0.717) is 11.4 Å². The summed E-state index contributed by atoms with van der Waals surface area (Å²) in [6.45, 7) is 0. The molecule has 2 unspecified atom stereocenters. The van der Waals surface area contributed by atoms with E-state index in [1.165, 1.54) is 259 Å². The number of hydrogen-bond donors (Lipinski definition) is 0. The lowest BCUT2D eigenvalue weighted by Crippen LogP contribution is -2.76. The smallest absolute Gasteiger partial charge is 0.320 e. The first-order chi connectivity index (χ1) is 39.6. The fourth-order valence-corrected chi connectivity index (χ4v) is 27.9. The van der Waals surface area contributed by atoms with Crippen molar-refractivity contribution in [2.45, 2.75) is 10.8 Å². The molecule has 0 aliphatic heterocycles. The van der Waals surface area contributed by atoms with Crippen LogP contribution in [-0.4, -0.2) is 39.0 Å². The quantitative estimate of drug-likeness (QED) is 0.130. The maximum Gasteiger partial charge on any atom is 0.320 e. The highest BCUT2D eigenvalue weighted by molar-refractivity contribution is 6.82. The van der Waals surface area contributed by atoms with Crippen LogP contribution in [0.4, 0.5) is 5.69 Å². The Morgan fingerprint density at radius 3 is 0.613 bits per heavy atom. The average Bonchev–Trinajstić information content (AvgIpc) is 1.49. The van der Waals surface area contributed by atoms with E-state index in [-0.39, 0.29) is 11.9 Å². The van der Waals surface area contributed by atoms with Crippen molar-refractivity contribution in [1.82, 2.24) is 0 Å². The van der Waals surface area contributed by atoms with Crippen molar-refractivity contribution in [3.8, 4) is 5.75 Å². The fraction of sp³-hybridized carbons (Fsp3) is 0.0946.